The molecule has 1 aromatic rings. The highest BCUT2D eigenvalue weighted by molar-refractivity contribution is 5.11. The molecule has 0 aliphatic rings. The van der Waals surface area contributed by atoms with E-state index < -0.39 is 0 Å². The zero-order valence-corrected chi connectivity index (χ0v) is 11.0. The normalized spacial score (nSPS) is 14.8. The molecule has 0 fully saturated rings. The van der Waals surface area contributed by atoms with Crippen LogP contribution in [0.3, 0.4) is 0 Å². The van der Waals surface area contributed by atoms with Crippen LogP contribution in [0.1, 0.15) is 50.3 Å². The molecule has 0 aromatic carbocycles. The van der Waals surface area contributed by atoms with Gasteiger partial charge in [-0.15, -0.1) is 0 Å². The van der Waals surface area contributed by atoms with Gasteiger partial charge in [-0.1, -0.05) is 20.8 Å². The maximum absolute atomic E-state index is 4.53. The van der Waals surface area contributed by atoms with Gasteiger partial charge in [-0.2, -0.15) is 0 Å². The Morgan fingerprint density at radius 2 is 1.75 bits per heavy atom. The molecule has 2 atom stereocenters. The van der Waals surface area contributed by atoms with Gasteiger partial charge in [0, 0.05) is 23.3 Å². The van der Waals surface area contributed by atoms with Gasteiger partial charge in [-0.05, 0) is 32.9 Å². The maximum Gasteiger partial charge on any atom is 0.133 e. The number of aryl methyl sites for hydroxylation is 2. The van der Waals surface area contributed by atoms with E-state index in [-0.39, 0.29) is 0 Å². The van der Waals surface area contributed by atoms with Crippen molar-refractivity contribution >= 4 is 0 Å². The van der Waals surface area contributed by atoms with Gasteiger partial charge < -0.3 is 5.32 Å². The first-order chi connectivity index (χ1) is 7.58. The van der Waals surface area contributed by atoms with Crippen molar-refractivity contribution in [2.75, 3.05) is 6.54 Å². The first-order valence-corrected chi connectivity index (χ1v) is 6.14. The maximum atomic E-state index is 4.53. The molecule has 0 aliphatic carbocycles. The average Bonchev–Trinajstić information content (AvgIpc) is 2.23. The smallest absolute Gasteiger partial charge is 0.133 e. The summed E-state index contributed by atoms with van der Waals surface area (Å²) in [6.07, 6.45) is 1.10. The molecular formula is C13H23N3. The van der Waals surface area contributed by atoms with Gasteiger partial charge in [-0.3, -0.25) is 0 Å². The lowest BCUT2D eigenvalue weighted by atomic mass is 9.98. The van der Waals surface area contributed by atoms with Crippen molar-refractivity contribution in [1.82, 2.24) is 15.3 Å². The lowest BCUT2D eigenvalue weighted by molar-refractivity contribution is 0.434. The topological polar surface area (TPSA) is 37.8 Å². The molecule has 1 heterocycles. The quantitative estimate of drug-likeness (QED) is 0.830. The van der Waals surface area contributed by atoms with Gasteiger partial charge in [0.05, 0.1) is 0 Å². The number of likely N-dealkylation sites (N-methyl/N-ethyl adjacent to an activating group) is 1. The van der Waals surface area contributed by atoms with Crippen molar-refractivity contribution < 1.29 is 0 Å². The predicted molar refractivity (Wildman–Crippen MR) is 67.7 cm³/mol. The molecule has 90 valence electrons. The van der Waals surface area contributed by atoms with Crippen LogP contribution in [0.4, 0.5) is 0 Å². The Labute approximate surface area is 98.7 Å². The van der Waals surface area contributed by atoms with Crippen molar-refractivity contribution in [3.63, 3.8) is 0 Å². The number of hydrogen-bond acceptors (Lipinski definition) is 3. The summed E-state index contributed by atoms with van der Waals surface area (Å²) in [5, 5.41) is 3.49. The van der Waals surface area contributed by atoms with E-state index in [2.05, 4.69) is 36.1 Å². The van der Waals surface area contributed by atoms with E-state index >= 15 is 0 Å². The van der Waals surface area contributed by atoms with Crippen LogP contribution >= 0.6 is 0 Å². The fraction of sp³-hybridized carbons (Fsp3) is 0.692. The number of nitrogens with one attached hydrogen (secondary N) is 1. The lowest BCUT2D eigenvalue weighted by Crippen LogP contribution is -2.34. The van der Waals surface area contributed by atoms with Crippen LogP contribution in [-0.2, 0) is 0 Å². The average molecular weight is 221 g/mol. The van der Waals surface area contributed by atoms with E-state index in [0.29, 0.717) is 12.0 Å². The monoisotopic (exact) mass is 221 g/mol. The van der Waals surface area contributed by atoms with Crippen molar-refractivity contribution in [2.45, 2.75) is 53.0 Å². The Hall–Kier alpha value is -0.960. The summed E-state index contributed by atoms with van der Waals surface area (Å²) < 4.78 is 0. The molecule has 3 heteroatoms. The number of hydrogen-bond donors (Lipinski definition) is 1. The minimum absolute atomic E-state index is 0.364. The summed E-state index contributed by atoms with van der Waals surface area (Å²) in [6.45, 7) is 11.6. The standard InChI is InChI=1S/C13H23N3/c1-6-12(14-7-2)11(5)13-15-9(3)8-10(4)16-13/h8,11-12,14H,6-7H2,1-5H3. The molecule has 16 heavy (non-hydrogen) atoms. The zero-order valence-electron chi connectivity index (χ0n) is 11.0. The molecule has 0 bridgehead atoms. The molecule has 3 nitrogen and oxygen atoms in total. The Morgan fingerprint density at radius 1 is 1.19 bits per heavy atom. The number of aromatic nitrogens is 2. The van der Waals surface area contributed by atoms with Crippen molar-refractivity contribution in [1.29, 1.82) is 0 Å². The molecule has 0 saturated heterocycles. The Bertz CT molecular complexity index is 316. The predicted octanol–water partition coefficient (Wildman–Crippen LogP) is 2.59. The molecule has 0 radical (unpaired) electrons. The molecular weight excluding hydrogens is 198 g/mol. The van der Waals surface area contributed by atoms with Gasteiger partial charge in [0.25, 0.3) is 0 Å². The van der Waals surface area contributed by atoms with E-state index in [1.807, 2.05) is 19.9 Å². The van der Waals surface area contributed by atoms with Crippen molar-refractivity contribution in [3.8, 4) is 0 Å². The minimum Gasteiger partial charge on any atom is -0.314 e. The summed E-state index contributed by atoms with van der Waals surface area (Å²) in [7, 11) is 0. The van der Waals surface area contributed by atoms with Crippen LogP contribution in [0.5, 0.6) is 0 Å². The molecule has 1 N–H and O–H groups in total. The van der Waals surface area contributed by atoms with Crippen LogP contribution in [-0.4, -0.2) is 22.6 Å². The zero-order chi connectivity index (χ0) is 12.1. The fourth-order valence-corrected chi connectivity index (χ4v) is 2.07. The van der Waals surface area contributed by atoms with Crippen LogP contribution in [0.2, 0.25) is 0 Å². The highest BCUT2D eigenvalue weighted by Crippen LogP contribution is 2.18. The highest BCUT2D eigenvalue weighted by Gasteiger charge is 2.19. The van der Waals surface area contributed by atoms with E-state index in [4.69, 9.17) is 0 Å². The van der Waals surface area contributed by atoms with Crippen LogP contribution in [0.15, 0.2) is 6.07 Å². The van der Waals surface area contributed by atoms with Crippen molar-refractivity contribution in [2.24, 2.45) is 0 Å². The first kappa shape index (κ1) is 13.1. The van der Waals surface area contributed by atoms with Gasteiger partial charge >= 0.3 is 0 Å². The van der Waals surface area contributed by atoms with E-state index in [1.54, 1.807) is 0 Å². The van der Waals surface area contributed by atoms with Crippen LogP contribution in [0, 0.1) is 13.8 Å². The first-order valence-electron chi connectivity index (χ1n) is 6.14. The number of nitrogens with zero attached hydrogens (tertiary/aromatic N) is 2. The van der Waals surface area contributed by atoms with Gasteiger partial charge in [-0.25, -0.2) is 9.97 Å². The number of rotatable bonds is 5. The summed E-state index contributed by atoms with van der Waals surface area (Å²) in [6, 6.07) is 2.48. The van der Waals surface area contributed by atoms with Crippen LogP contribution in [0.25, 0.3) is 0 Å². The molecule has 2 unspecified atom stereocenters. The molecule has 1 aromatic heterocycles. The summed E-state index contributed by atoms with van der Waals surface area (Å²) in [4.78, 5) is 9.07. The summed E-state index contributed by atoms with van der Waals surface area (Å²) in [5.41, 5.74) is 2.11. The molecule has 0 saturated carbocycles. The van der Waals surface area contributed by atoms with Gasteiger partial charge in [0.2, 0.25) is 0 Å². The van der Waals surface area contributed by atoms with Crippen molar-refractivity contribution in [3.05, 3.63) is 23.3 Å². The van der Waals surface area contributed by atoms with Gasteiger partial charge in [0.1, 0.15) is 5.82 Å². The van der Waals surface area contributed by atoms with E-state index in [0.717, 1.165) is 30.2 Å². The third-order valence-electron chi connectivity index (χ3n) is 2.92. The van der Waals surface area contributed by atoms with E-state index in [9.17, 15) is 0 Å². The second-order valence-electron chi connectivity index (χ2n) is 4.37. The Kier molecular flexibility index (Phi) is 4.87. The van der Waals surface area contributed by atoms with Gasteiger partial charge in [0.15, 0.2) is 0 Å². The SMILES string of the molecule is CCNC(CC)C(C)c1nc(C)cc(C)n1. The Balaban J connectivity index is 2.89. The molecule has 1 rings (SSSR count). The second-order valence-corrected chi connectivity index (χ2v) is 4.37. The molecule has 0 aliphatic heterocycles. The fourth-order valence-electron chi connectivity index (χ4n) is 2.07. The van der Waals surface area contributed by atoms with Crippen LogP contribution < -0.4 is 5.32 Å². The third kappa shape index (κ3) is 3.27. The van der Waals surface area contributed by atoms with E-state index in [1.165, 1.54) is 0 Å². The molecule has 0 spiro atoms. The highest BCUT2D eigenvalue weighted by atomic mass is 15.0. The molecule has 0 amide bonds. The summed E-state index contributed by atoms with van der Waals surface area (Å²) in [5.74, 6) is 1.33. The third-order valence-corrected chi connectivity index (χ3v) is 2.92. The minimum atomic E-state index is 0.364. The summed E-state index contributed by atoms with van der Waals surface area (Å²) >= 11 is 0. The second kappa shape index (κ2) is 5.94. The lowest BCUT2D eigenvalue weighted by Gasteiger charge is -2.22. The Morgan fingerprint density at radius 3 is 2.19 bits per heavy atom. The largest absolute Gasteiger partial charge is 0.314 e.